The molecule has 0 bridgehead atoms. The summed E-state index contributed by atoms with van der Waals surface area (Å²) in [7, 11) is 0. The largest absolute Gasteiger partial charge is 0.504 e. The van der Waals surface area contributed by atoms with E-state index >= 15 is 0 Å². The fourth-order valence-corrected chi connectivity index (χ4v) is 1.26. The van der Waals surface area contributed by atoms with E-state index in [4.69, 9.17) is 10.2 Å². The second-order valence-corrected chi connectivity index (χ2v) is 2.74. The summed E-state index contributed by atoms with van der Waals surface area (Å²) < 4.78 is 0. The van der Waals surface area contributed by atoms with Gasteiger partial charge in [-0.25, -0.2) is 0 Å². The molecule has 0 aromatic heterocycles. The molecule has 0 aliphatic carbocycles. The molecule has 0 saturated carbocycles. The van der Waals surface area contributed by atoms with Crippen LogP contribution in [0, 0.1) is 0 Å². The van der Waals surface area contributed by atoms with E-state index in [1.54, 1.807) is 0 Å². The van der Waals surface area contributed by atoms with Gasteiger partial charge in [-0.2, -0.15) is 0 Å². The summed E-state index contributed by atoms with van der Waals surface area (Å²) in [5, 5.41) is 24.5. The maximum atomic E-state index is 9.16. The molecule has 64 valence electrons. The lowest BCUT2D eigenvalue weighted by Gasteiger charge is -2.20. The van der Waals surface area contributed by atoms with Crippen LogP contribution in [0.3, 0.4) is 0 Å². The van der Waals surface area contributed by atoms with E-state index < -0.39 is 0 Å². The van der Waals surface area contributed by atoms with Gasteiger partial charge in [0, 0.05) is 25.2 Å². The molecule has 2 rings (SSSR count). The van der Waals surface area contributed by atoms with Crippen molar-refractivity contribution in [3.8, 4) is 11.5 Å². The standard InChI is InChI=1S/C8H10N2O2/c11-7-3-5-6(4-8(7)12)10-2-1-9-5/h3-4,9-12H,1-2H2. The highest BCUT2D eigenvalue weighted by Gasteiger charge is 2.10. The summed E-state index contributed by atoms with van der Waals surface area (Å²) in [6.07, 6.45) is 0. The van der Waals surface area contributed by atoms with Crippen molar-refractivity contribution in [1.29, 1.82) is 0 Å². The number of rotatable bonds is 0. The lowest BCUT2D eigenvalue weighted by molar-refractivity contribution is 0.404. The van der Waals surface area contributed by atoms with Crippen LogP contribution in [0.2, 0.25) is 0 Å². The minimum atomic E-state index is -0.0926. The third-order valence-electron chi connectivity index (χ3n) is 1.87. The topological polar surface area (TPSA) is 64.5 Å². The number of nitrogens with one attached hydrogen (secondary N) is 2. The van der Waals surface area contributed by atoms with Crippen LogP contribution < -0.4 is 10.6 Å². The Balaban J connectivity index is 2.49. The minimum absolute atomic E-state index is 0.0926. The Morgan fingerprint density at radius 2 is 1.33 bits per heavy atom. The highest BCUT2D eigenvalue weighted by Crippen LogP contribution is 2.35. The average molecular weight is 166 g/mol. The summed E-state index contributed by atoms with van der Waals surface area (Å²) in [6, 6.07) is 3.02. The van der Waals surface area contributed by atoms with E-state index in [0.29, 0.717) is 0 Å². The van der Waals surface area contributed by atoms with Crippen molar-refractivity contribution in [2.24, 2.45) is 0 Å². The van der Waals surface area contributed by atoms with Gasteiger partial charge >= 0.3 is 0 Å². The maximum absolute atomic E-state index is 9.16. The molecule has 0 atom stereocenters. The van der Waals surface area contributed by atoms with Crippen molar-refractivity contribution in [3.05, 3.63) is 12.1 Å². The fraction of sp³-hybridized carbons (Fsp3) is 0.250. The molecule has 0 unspecified atom stereocenters. The Labute approximate surface area is 69.8 Å². The van der Waals surface area contributed by atoms with Crippen LogP contribution in [-0.4, -0.2) is 23.3 Å². The fourth-order valence-electron chi connectivity index (χ4n) is 1.26. The van der Waals surface area contributed by atoms with Crippen LogP contribution in [0.4, 0.5) is 11.4 Å². The van der Waals surface area contributed by atoms with Gasteiger partial charge in [-0.3, -0.25) is 0 Å². The molecule has 4 N–H and O–H groups in total. The van der Waals surface area contributed by atoms with Crippen LogP contribution in [0.1, 0.15) is 0 Å². The summed E-state index contributed by atoms with van der Waals surface area (Å²) in [4.78, 5) is 0. The van der Waals surface area contributed by atoms with Crippen LogP contribution >= 0.6 is 0 Å². The molecular weight excluding hydrogens is 156 g/mol. The molecule has 4 heteroatoms. The Kier molecular flexibility index (Phi) is 1.46. The van der Waals surface area contributed by atoms with Crippen molar-refractivity contribution in [1.82, 2.24) is 0 Å². The number of hydrogen-bond acceptors (Lipinski definition) is 4. The third kappa shape index (κ3) is 1.01. The number of anilines is 2. The van der Waals surface area contributed by atoms with Gasteiger partial charge in [0.25, 0.3) is 0 Å². The van der Waals surface area contributed by atoms with Crippen molar-refractivity contribution in [3.63, 3.8) is 0 Å². The van der Waals surface area contributed by atoms with Crippen molar-refractivity contribution >= 4 is 11.4 Å². The van der Waals surface area contributed by atoms with E-state index in [-0.39, 0.29) is 11.5 Å². The second kappa shape index (κ2) is 2.48. The Morgan fingerprint density at radius 1 is 0.917 bits per heavy atom. The first-order valence-corrected chi connectivity index (χ1v) is 3.81. The van der Waals surface area contributed by atoms with Crippen molar-refractivity contribution in [2.45, 2.75) is 0 Å². The van der Waals surface area contributed by atoms with Crippen LogP contribution in [0.5, 0.6) is 11.5 Å². The predicted molar refractivity (Wildman–Crippen MR) is 46.8 cm³/mol. The number of fused-ring (bicyclic) bond motifs is 1. The number of phenolic OH excluding ortho intramolecular Hbond substituents is 2. The third-order valence-corrected chi connectivity index (χ3v) is 1.87. The van der Waals surface area contributed by atoms with Gasteiger partial charge in [-0.05, 0) is 0 Å². The molecular formula is C8H10N2O2. The minimum Gasteiger partial charge on any atom is -0.504 e. The molecule has 1 aromatic carbocycles. The van der Waals surface area contributed by atoms with E-state index in [1.807, 2.05) is 0 Å². The monoisotopic (exact) mass is 166 g/mol. The van der Waals surface area contributed by atoms with Gasteiger partial charge in [0.1, 0.15) is 0 Å². The van der Waals surface area contributed by atoms with Crippen molar-refractivity contribution in [2.75, 3.05) is 23.7 Å². The highest BCUT2D eigenvalue weighted by molar-refractivity contribution is 5.75. The van der Waals surface area contributed by atoms with Gasteiger partial charge < -0.3 is 20.8 Å². The summed E-state index contributed by atoms with van der Waals surface area (Å²) >= 11 is 0. The summed E-state index contributed by atoms with van der Waals surface area (Å²) in [6.45, 7) is 1.66. The first-order valence-electron chi connectivity index (χ1n) is 3.81. The number of benzene rings is 1. The normalized spacial score (nSPS) is 14.3. The van der Waals surface area contributed by atoms with Gasteiger partial charge in [-0.1, -0.05) is 0 Å². The first-order chi connectivity index (χ1) is 5.77. The molecule has 0 spiro atoms. The van der Waals surface area contributed by atoms with E-state index in [9.17, 15) is 0 Å². The second-order valence-electron chi connectivity index (χ2n) is 2.74. The Bertz CT molecular complexity index is 281. The Hall–Kier alpha value is -1.58. The summed E-state index contributed by atoms with van der Waals surface area (Å²) in [5.41, 5.74) is 1.66. The summed E-state index contributed by atoms with van der Waals surface area (Å²) in [5.74, 6) is -0.185. The zero-order valence-electron chi connectivity index (χ0n) is 6.46. The van der Waals surface area contributed by atoms with Crippen LogP contribution in [-0.2, 0) is 0 Å². The van der Waals surface area contributed by atoms with Crippen molar-refractivity contribution < 1.29 is 10.2 Å². The number of hydrogen-bond donors (Lipinski definition) is 4. The van der Waals surface area contributed by atoms with Gasteiger partial charge in [0.05, 0.1) is 11.4 Å². The lowest BCUT2D eigenvalue weighted by atomic mass is 10.2. The lowest BCUT2D eigenvalue weighted by Crippen LogP contribution is -2.20. The maximum Gasteiger partial charge on any atom is 0.159 e. The molecule has 0 fully saturated rings. The molecule has 0 saturated heterocycles. The zero-order valence-corrected chi connectivity index (χ0v) is 6.46. The SMILES string of the molecule is Oc1cc2c(cc1O)NCCN2. The molecule has 1 aliphatic rings. The molecule has 12 heavy (non-hydrogen) atoms. The van der Waals surface area contributed by atoms with Gasteiger partial charge in [0.15, 0.2) is 11.5 Å². The number of phenols is 2. The van der Waals surface area contributed by atoms with E-state index in [1.165, 1.54) is 12.1 Å². The molecule has 0 radical (unpaired) electrons. The van der Waals surface area contributed by atoms with Crippen LogP contribution in [0.25, 0.3) is 0 Å². The molecule has 1 aliphatic heterocycles. The zero-order chi connectivity index (χ0) is 8.55. The highest BCUT2D eigenvalue weighted by atomic mass is 16.3. The first kappa shape index (κ1) is 7.09. The molecule has 0 amide bonds. The number of aromatic hydroxyl groups is 2. The van der Waals surface area contributed by atoms with E-state index in [2.05, 4.69) is 10.6 Å². The van der Waals surface area contributed by atoms with Crippen LogP contribution in [0.15, 0.2) is 12.1 Å². The Morgan fingerprint density at radius 3 is 1.75 bits per heavy atom. The predicted octanol–water partition coefficient (Wildman–Crippen LogP) is 0.935. The molecule has 4 nitrogen and oxygen atoms in total. The van der Waals surface area contributed by atoms with Gasteiger partial charge in [-0.15, -0.1) is 0 Å². The van der Waals surface area contributed by atoms with E-state index in [0.717, 1.165) is 24.5 Å². The molecule has 1 heterocycles. The molecule has 1 aromatic rings. The van der Waals surface area contributed by atoms with Gasteiger partial charge in [0.2, 0.25) is 0 Å². The average Bonchev–Trinajstić information content (AvgIpc) is 2.07. The smallest absolute Gasteiger partial charge is 0.159 e. The quantitative estimate of drug-likeness (QED) is 0.342.